The van der Waals surface area contributed by atoms with Crippen LogP contribution in [-0.4, -0.2) is 11.0 Å². The van der Waals surface area contributed by atoms with Crippen LogP contribution in [0.2, 0.25) is 5.02 Å². The fraction of sp³-hybridized carbons (Fsp3) is 0. The SMILES string of the molecule is O=C(Nc1ccccc1Sc1ccccc1)c1cc(Cl)ccc1O. The number of nitrogens with one attached hydrogen (secondary N) is 1. The van der Waals surface area contributed by atoms with E-state index in [4.69, 9.17) is 11.6 Å². The van der Waals surface area contributed by atoms with Gasteiger partial charge in [-0.1, -0.05) is 53.7 Å². The van der Waals surface area contributed by atoms with Crippen molar-refractivity contribution in [2.75, 3.05) is 5.32 Å². The molecule has 0 unspecified atom stereocenters. The molecule has 0 fully saturated rings. The molecule has 3 nitrogen and oxygen atoms in total. The molecule has 0 heterocycles. The Bertz CT molecular complexity index is 868. The van der Waals surface area contributed by atoms with Gasteiger partial charge in [-0.2, -0.15) is 0 Å². The minimum absolute atomic E-state index is 0.106. The number of hydrogen-bond acceptors (Lipinski definition) is 3. The number of hydrogen-bond donors (Lipinski definition) is 2. The first-order chi connectivity index (χ1) is 11.6. The number of carbonyl (C=O) groups is 1. The van der Waals surface area contributed by atoms with Crippen molar-refractivity contribution in [1.82, 2.24) is 0 Å². The lowest BCUT2D eigenvalue weighted by Crippen LogP contribution is -2.12. The van der Waals surface area contributed by atoms with Crippen LogP contribution < -0.4 is 5.32 Å². The third-order valence-corrected chi connectivity index (χ3v) is 4.63. The van der Waals surface area contributed by atoms with E-state index in [0.29, 0.717) is 10.7 Å². The molecule has 0 saturated carbocycles. The molecule has 24 heavy (non-hydrogen) atoms. The van der Waals surface area contributed by atoms with Gasteiger partial charge in [0.25, 0.3) is 5.91 Å². The van der Waals surface area contributed by atoms with Gasteiger partial charge < -0.3 is 10.4 Å². The van der Waals surface area contributed by atoms with Crippen molar-refractivity contribution in [3.05, 3.63) is 83.4 Å². The highest BCUT2D eigenvalue weighted by molar-refractivity contribution is 7.99. The Morgan fingerprint density at radius 1 is 0.958 bits per heavy atom. The van der Waals surface area contributed by atoms with Gasteiger partial charge in [-0.3, -0.25) is 4.79 Å². The molecule has 3 aromatic carbocycles. The van der Waals surface area contributed by atoms with Gasteiger partial charge in [0, 0.05) is 14.8 Å². The molecule has 0 bridgehead atoms. The van der Waals surface area contributed by atoms with Crippen molar-refractivity contribution < 1.29 is 9.90 Å². The van der Waals surface area contributed by atoms with E-state index in [-0.39, 0.29) is 11.3 Å². The van der Waals surface area contributed by atoms with Crippen LogP contribution in [0.1, 0.15) is 10.4 Å². The predicted molar refractivity (Wildman–Crippen MR) is 98.1 cm³/mol. The molecule has 0 aliphatic carbocycles. The summed E-state index contributed by atoms with van der Waals surface area (Å²) in [6.45, 7) is 0. The fourth-order valence-corrected chi connectivity index (χ4v) is 3.25. The van der Waals surface area contributed by atoms with E-state index in [9.17, 15) is 9.90 Å². The molecule has 0 aromatic heterocycles. The zero-order valence-corrected chi connectivity index (χ0v) is 14.1. The second-order valence-corrected chi connectivity index (χ2v) is 6.58. The smallest absolute Gasteiger partial charge is 0.259 e. The summed E-state index contributed by atoms with van der Waals surface area (Å²) in [4.78, 5) is 14.4. The van der Waals surface area contributed by atoms with E-state index < -0.39 is 5.91 Å². The Hall–Kier alpha value is -2.43. The number of aromatic hydroxyl groups is 1. The second kappa shape index (κ2) is 7.43. The molecule has 0 saturated heterocycles. The van der Waals surface area contributed by atoms with Crippen LogP contribution in [0.3, 0.4) is 0 Å². The molecule has 0 aliphatic heterocycles. The van der Waals surface area contributed by atoms with Crippen LogP contribution in [0.5, 0.6) is 5.75 Å². The summed E-state index contributed by atoms with van der Waals surface area (Å²) in [6.07, 6.45) is 0. The van der Waals surface area contributed by atoms with Crippen molar-refractivity contribution in [2.24, 2.45) is 0 Å². The minimum Gasteiger partial charge on any atom is -0.507 e. The first kappa shape index (κ1) is 16.4. The number of para-hydroxylation sites is 1. The van der Waals surface area contributed by atoms with Gasteiger partial charge in [-0.15, -0.1) is 0 Å². The van der Waals surface area contributed by atoms with Gasteiger partial charge in [0.2, 0.25) is 0 Å². The van der Waals surface area contributed by atoms with Crippen molar-refractivity contribution in [3.8, 4) is 5.75 Å². The highest BCUT2D eigenvalue weighted by Crippen LogP contribution is 2.33. The van der Waals surface area contributed by atoms with Crippen LogP contribution in [-0.2, 0) is 0 Å². The molecule has 1 amide bonds. The maximum atomic E-state index is 12.5. The average molecular weight is 356 g/mol. The first-order valence-corrected chi connectivity index (χ1v) is 8.45. The molecule has 3 rings (SSSR count). The second-order valence-electron chi connectivity index (χ2n) is 5.03. The van der Waals surface area contributed by atoms with Crippen molar-refractivity contribution in [3.63, 3.8) is 0 Å². The summed E-state index contributed by atoms with van der Waals surface area (Å²) in [5, 5.41) is 13.1. The molecule has 0 aliphatic rings. The molecule has 0 spiro atoms. The zero-order chi connectivity index (χ0) is 16.9. The molecule has 120 valence electrons. The lowest BCUT2D eigenvalue weighted by molar-refractivity contribution is 0.102. The standard InChI is InChI=1S/C19H14ClNO2S/c20-13-10-11-17(22)15(12-13)19(23)21-16-8-4-5-9-18(16)24-14-6-2-1-3-7-14/h1-12,22H,(H,21,23). The topological polar surface area (TPSA) is 49.3 Å². The van der Waals surface area contributed by atoms with Crippen molar-refractivity contribution >= 4 is 35.0 Å². The van der Waals surface area contributed by atoms with E-state index >= 15 is 0 Å². The van der Waals surface area contributed by atoms with Crippen LogP contribution >= 0.6 is 23.4 Å². The maximum absolute atomic E-state index is 12.5. The number of anilines is 1. The fourth-order valence-electron chi connectivity index (χ4n) is 2.15. The van der Waals surface area contributed by atoms with Gasteiger partial charge in [0.05, 0.1) is 11.3 Å². The van der Waals surface area contributed by atoms with Crippen molar-refractivity contribution in [1.29, 1.82) is 0 Å². The van der Waals surface area contributed by atoms with Crippen LogP contribution in [0, 0.1) is 0 Å². The molecular formula is C19H14ClNO2S. The molecule has 2 N–H and O–H groups in total. The van der Waals surface area contributed by atoms with Gasteiger partial charge in [0.15, 0.2) is 0 Å². The Balaban J connectivity index is 1.85. The third kappa shape index (κ3) is 3.91. The molecule has 3 aromatic rings. The lowest BCUT2D eigenvalue weighted by Gasteiger charge is -2.11. The molecule has 5 heteroatoms. The summed E-state index contributed by atoms with van der Waals surface area (Å²) in [5.74, 6) is -0.513. The Labute approximate surface area is 149 Å². The number of phenolic OH excluding ortho intramolecular Hbond substituents is 1. The van der Waals surface area contributed by atoms with E-state index in [0.717, 1.165) is 9.79 Å². The Morgan fingerprint density at radius 2 is 1.67 bits per heavy atom. The summed E-state index contributed by atoms with van der Waals surface area (Å²) in [7, 11) is 0. The Morgan fingerprint density at radius 3 is 2.46 bits per heavy atom. The third-order valence-electron chi connectivity index (χ3n) is 3.31. The average Bonchev–Trinajstić information content (AvgIpc) is 2.59. The van der Waals surface area contributed by atoms with Gasteiger partial charge >= 0.3 is 0 Å². The quantitative estimate of drug-likeness (QED) is 0.654. The van der Waals surface area contributed by atoms with Crippen LogP contribution in [0.25, 0.3) is 0 Å². The zero-order valence-electron chi connectivity index (χ0n) is 12.6. The molecule has 0 atom stereocenters. The summed E-state index contributed by atoms with van der Waals surface area (Å²) >= 11 is 7.46. The number of carbonyl (C=O) groups excluding carboxylic acids is 1. The maximum Gasteiger partial charge on any atom is 0.259 e. The minimum atomic E-state index is -0.406. The highest BCUT2D eigenvalue weighted by atomic mass is 35.5. The highest BCUT2D eigenvalue weighted by Gasteiger charge is 2.14. The normalized spacial score (nSPS) is 10.4. The van der Waals surface area contributed by atoms with E-state index in [1.165, 1.54) is 18.2 Å². The number of benzene rings is 3. The molecular weight excluding hydrogens is 342 g/mol. The van der Waals surface area contributed by atoms with Gasteiger partial charge in [-0.05, 0) is 42.5 Å². The summed E-state index contributed by atoms with van der Waals surface area (Å²) < 4.78 is 0. The van der Waals surface area contributed by atoms with E-state index in [2.05, 4.69) is 5.32 Å². The Kier molecular flexibility index (Phi) is 5.08. The van der Waals surface area contributed by atoms with Crippen LogP contribution in [0.15, 0.2) is 82.6 Å². The summed E-state index contributed by atoms with van der Waals surface area (Å²) in [5.41, 5.74) is 0.817. The van der Waals surface area contributed by atoms with Crippen LogP contribution in [0.4, 0.5) is 5.69 Å². The van der Waals surface area contributed by atoms with E-state index in [1.54, 1.807) is 11.8 Å². The molecule has 0 radical (unpaired) electrons. The lowest BCUT2D eigenvalue weighted by atomic mass is 10.2. The van der Waals surface area contributed by atoms with Gasteiger partial charge in [-0.25, -0.2) is 0 Å². The summed E-state index contributed by atoms with van der Waals surface area (Å²) in [6, 6.07) is 21.8. The van der Waals surface area contributed by atoms with Crippen molar-refractivity contribution in [2.45, 2.75) is 9.79 Å². The number of amides is 1. The predicted octanol–water partition coefficient (Wildman–Crippen LogP) is 5.45. The first-order valence-electron chi connectivity index (χ1n) is 7.25. The number of rotatable bonds is 4. The number of phenols is 1. The largest absolute Gasteiger partial charge is 0.507 e. The monoisotopic (exact) mass is 355 g/mol. The van der Waals surface area contributed by atoms with Gasteiger partial charge in [0.1, 0.15) is 5.75 Å². The number of halogens is 1. The van der Waals surface area contributed by atoms with E-state index in [1.807, 2.05) is 54.6 Å².